The molecule has 5 rings (SSSR count). The summed E-state index contributed by atoms with van der Waals surface area (Å²) < 4.78 is 7.90. The zero-order valence-corrected chi connectivity index (χ0v) is 16.8. The number of hydrogen-bond acceptors (Lipinski definition) is 4. The Morgan fingerprint density at radius 2 is 1.42 bits per heavy atom. The van der Waals surface area contributed by atoms with Crippen molar-refractivity contribution in [2.45, 2.75) is 6.54 Å². The topological polar surface area (TPSA) is 59.1 Å². The molecule has 4 aromatic carbocycles. The summed E-state index contributed by atoms with van der Waals surface area (Å²) in [5, 5.41) is 22.6. The van der Waals surface area contributed by atoms with Gasteiger partial charge in [-0.2, -0.15) is 5.11 Å². The van der Waals surface area contributed by atoms with Crippen LogP contribution in [0.25, 0.3) is 21.7 Å². The molecular formula is C26H21N3O2. The van der Waals surface area contributed by atoms with E-state index in [0.29, 0.717) is 18.8 Å². The summed E-state index contributed by atoms with van der Waals surface area (Å²) in [7, 11) is 0. The molecule has 1 aromatic heterocycles. The number of nitrogens with zero attached hydrogens (tertiary/aromatic N) is 3. The van der Waals surface area contributed by atoms with Crippen LogP contribution in [0.15, 0.2) is 107 Å². The van der Waals surface area contributed by atoms with Crippen LogP contribution < -0.4 is 4.74 Å². The minimum absolute atomic E-state index is 0.0856. The van der Waals surface area contributed by atoms with Gasteiger partial charge in [-0.3, -0.25) is 0 Å². The lowest BCUT2D eigenvalue weighted by Gasteiger charge is -2.11. The molecule has 0 atom stereocenters. The maximum atomic E-state index is 10.9. The van der Waals surface area contributed by atoms with Crippen LogP contribution in [-0.4, -0.2) is 16.3 Å². The molecule has 31 heavy (non-hydrogen) atoms. The molecule has 0 aliphatic rings. The van der Waals surface area contributed by atoms with E-state index in [1.165, 1.54) is 0 Å². The summed E-state index contributed by atoms with van der Waals surface area (Å²) in [5.74, 6) is 0.917. The molecule has 0 spiro atoms. The Balaban J connectivity index is 1.42. The second-order valence-electron chi connectivity index (χ2n) is 7.20. The Labute approximate surface area is 179 Å². The van der Waals surface area contributed by atoms with Gasteiger partial charge >= 0.3 is 0 Å². The van der Waals surface area contributed by atoms with E-state index in [-0.39, 0.29) is 5.88 Å². The third-order valence-corrected chi connectivity index (χ3v) is 5.26. The summed E-state index contributed by atoms with van der Waals surface area (Å²) in [6.45, 7) is 0.895. The largest absolute Gasteiger partial charge is 0.493 e. The van der Waals surface area contributed by atoms with E-state index in [1.54, 1.807) is 0 Å². The molecule has 0 fully saturated rings. The molecule has 0 saturated carbocycles. The van der Waals surface area contributed by atoms with Crippen LogP contribution in [0, 0.1) is 0 Å². The standard InChI is InChI=1S/C26H21N3O2/c30-26-25(28-27-20-11-2-1-3-12-20)22-14-6-7-15-23(22)29(26)17-18-31-24-16-8-10-19-9-4-5-13-21(19)24/h1-16,30H,17-18H2. The van der Waals surface area contributed by atoms with Crippen LogP contribution in [0.1, 0.15) is 0 Å². The Hall–Kier alpha value is -4.12. The summed E-state index contributed by atoms with van der Waals surface area (Å²) in [5.41, 5.74) is 2.09. The van der Waals surface area contributed by atoms with Crippen LogP contribution >= 0.6 is 0 Å². The number of aromatic nitrogens is 1. The highest BCUT2D eigenvalue weighted by Crippen LogP contribution is 2.39. The molecule has 152 valence electrons. The van der Waals surface area contributed by atoms with Crippen molar-refractivity contribution in [3.05, 3.63) is 97.1 Å². The van der Waals surface area contributed by atoms with Gasteiger partial charge in [0.05, 0.1) is 17.7 Å². The predicted octanol–water partition coefficient (Wildman–Crippen LogP) is 6.99. The first kappa shape index (κ1) is 18.9. The van der Waals surface area contributed by atoms with Gasteiger partial charge in [-0.25, -0.2) is 0 Å². The molecule has 5 aromatic rings. The van der Waals surface area contributed by atoms with Gasteiger partial charge < -0.3 is 14.4 Å². The van der Waals surface area contributed by atoms with Crippen LogP contribution in [0.3, 0.4) is 0 Å². The van der Waals surface area contributed by atoms with Crippen molar-refractivity contribution < 1.29 is 9.84 Å². The molecule has 0 amide bonds. The smallest absolute Gasteiger partial charge is 0.220 e. The van der Waals surface area contributed by atoms with E-state index in [4.69, 9.17) is 4.74 Å². The Morgan fingerprint density at radius 3 is 2.29 bits per heavy atom. The average Bonchev–Trinajstić information content (AvgIpc) is 3.09. The van der Waals surface area contributed by atoms with Gasteiger partial charge in [-0.15, -0.1) is 5.11 Å². The van der Waals surface area contributed by atoms with Gasteiger partial charge in [0.15, 0.2) is 5.69 Å². The number of rotatable bonds is 6. The van der Waals surface area contributed by atoms with Crippen molar-refractivity contribution in [1.29, 1.82) is 0 Å². The lowest BCUT2D eigenvalue weighted by Crippen LogP contribution is -2.07. The Bertz CT molecular complexity index is 1370. The highest BCUT2D eigenvalue weighted by atomic mass is 16.5. The van der Waals surface area contributed by atoms with Gasteiger partial charge in [-0.05, 0) is 29.7 Å². The van der Waals surface area contributed by atoms with Crippen LogP contribution in [0.4, 0.5) is 11.4 Å². The number of aromatic hydroxyl groups is 1. The summed E-state index contributed by atoms with van der Waals surface area (Å²) in [6.07, 6.45) is 0. The predicted molar refractivity (Wildman–Crippen MR) is 124 cm³/mol. The van der Waals surface area contributed by atoms with E-state index >= 15 is 0 Å². The maximum Gasteiger partial charge on any atom is 0.220 e. The number of para-hydroxylation sites is 1. The van der Waals surface area contributed by atoms with E-state index in [9.17, 15) is 5.11 Å². The Kier molecular flexibility index (Phi) is 5.07. The molecule has 0 bridgehead atoms. The van der Waals surface area contributed by atoms with E-state index in [0.717, 1.165) is 33.1 Å². The van der Waals surface area contributed by atoms with Crippen molar-refractivity contribution in [3.63, 3.8) is 0 Å². The SMILES string of the molecule is Oc1c(N=Nc2ccccc2)c2ccccc2n1CCOc1cccc2ccccc12. The minimum atomic E-state index is 0.0856. The van der Waals surface area contributed by atoms with Crippen molar-refractivity contribution in [3.8, 4) is 11.6 Å². The normalized spacial score (nSPS) is 11.5. The fraction of sp³-hybridized carbons (Fsp3) is 0.0769. The first-order valence-corrected chi connectivity index (χ1v) is 10.2. The zero-order chi connectivity index (χ0) is 21.0. The van der Waals surface area contributed by atoms with E-state index in [1.807, 2.05) is 83.4 Å². The third kappa shape index (κ3) is 3.73. The maximum absolute atomic E-state index is 10.9. The second-order valence-corrected chi connectivity index (χ2v) is 7.20. The molecule has 0 radical (unpaired) electrons. The van der Waals surface area contributed by atoms with Crippen molar-refractivity contribution in [2.75, 3.05) is 6.61 Å². The molecule has 1 N–H and O–H groups in total. The molecule has 0 saturated heterocycles. The molecule has 0 aliphatic carbocycles. The van der Waals surface area contributed by atoms with Crippen molar-refractivity contribution >= 4 is 33.1 Å². The number of ether oxygens (including phenoxy) is 1. The molecular weight excluding hydrogens is 386 g/mol. The first-order chi connectivity index (χ1) is 15.3. The highest BCUT2D eigenvalue weighted by molar-refractivity contribution is 5.95. The second kappa shape index (κ2) is 8.32. The highest BCUT2D eigenvalue weighted by Gasteiger charge is 2.16. The van der Waals surface area contributed by atoms with Crippen LogP contribution in [0.2, 0.25) is 0 Å². The van der Waals surface area contributed by atoms with Crippen molar-refractivity contribution in [1.82, 2.24) is 4.57 Å². The van der Waals surface area contributed by atoms with E-state index in [2.05, 4.69) is 28.4 Å². The lowest BCUT2D eigenvalue weighted by atomic mass is 10.1. The third-order valence-electron chi connectivity index (χ3n) is 5.26. The van der Waals surface area contributed by atoms with Gasteiger partial charge in [0.2, 0.25) is 5.88 Å². The van der Waals surface area contributed by atoms with Crippen molar-refractivity contribution in [2.24, 2.45) is 10.2 Å². The lowest BCUT2D eigenvalue weighted by molar-refractivity contribution is 0.293. The number of hydrogen-bond donors (Lipinski definition) is 1. The van der Waals surface area contributed by atoms with Crippen LogP contribution in [0.5, 0.6) is 11.6 Å². The minimum Gasteiger partial charge on any atom is -0.493 e. The fourth-order valence-corrected chi connectivity index (χ4v) is 3.77. The molecule has 5 nitrogen and oxygen atoms in total. The number of fused-ring (bicyclic) bond motifs is 2. The Morgan fingerprint density at radius 1 is 0.710 bits per heavy atom. The summed E-state index contributed by atoms with van der Waals surface area (Å²) >= 11 is 0. The van der Waals surface area contributed by atoms with Crippen LogP contribution in [-0.2, 0) is 6.54 Å². The van der Waals surface area contributed by atoms with Gasteiger partial charge in [-0.1, -0.05) is 72.8 Å². The first-order valence-electron chi connectivity index (χ1n) is 10.2. The van der Waals surface area contributed by atoms with Gasteiger partial charge in [0.1, 0.15) is 12.4 Å². The fourth-order valence-electron chi connectivity index (χ4n) is 3.77. The quantitative estimate of drug-likeness (QED) is 0.308. The number of benzene rings is 4. The molecule has 0 aliphatic heterocycles. The molecule has 5 heteroatoms. The zero-order valence-electron chi connectivity index (χ0n) is 16.8. The molecule has 1 heterocycles. The molecule has 0 unspecified atom stereocenters. The monoisotopic (exact) mass is 407 g/mol. The number of azo groups is 1. The summed E-state index contributed by atoms with van der Waals surface area (Å²) in [4.78, 5) is 0. The summed E-state index contributed by atoms with van der Waals surface area (Å²) in [6, 6.07) is 31.4. The average molecular weight is 407 g/mol. The van der Waals surface area contributed by atoms with E-state index < -0.39 is 0 Å². The van der Waals surface area contributed by atoms with Gasteiger partial charge in [0, 0.05) is 10.8 Å². The van der Waals surface area contributed by atoms with Gasteiger partial charge in [0.25, 0.3) is 0 Å².